The molecule has 10 heteroatoms. The number of thiophene rings is 1. The van der Waals surface area contributed by atoms with Crippen LogP contribution in [0.25, 0.3) is 0 Å². The molecule has 0 saturated heterocycles. The second-order valence-corrected chi connectivity index (χ2v) is 10.2. The summed E-state index contributed by atoms with van der Waals surface area (Å²) < 4.78 is 45.1. The van der Waals surface area contributed by atoms with Crippen molar-refractivity contribution in [2.45, 2.75) is 33.8 Å². The third-order valence-electron chi connectivity index (χ3n) is 3.61. The fraction of sp³-hybridized carbons (Fsp3) is 0.176. The van der Waals surface area contributed by atoms with Gasteiger partial charge < -0.3 is 4.52 Å². The first-order valence-corrected chi connectivity index (χ1v) is 11.4. The van der Waals surface area contributed by atoms with Crippen LogP contribution in [0.15, 0.2) is 66.4 Å². The van der Waals surface area contributed by atoms with Crippen LogP contribution in [0.1, 0.15) is 36.0 Å². The zero-order valence-electron chi connectivity index (χ0n) is 14.4. The fourth-order valence-corrected chi connectivity index (χ4v) is 5.71. The zero-order valence-corrected chi connectivity index (χ0v) is 16.9. The molecular formula is C17H16N2O5S3. The summed E-state index contributed by atoms with van der Waals surface area (Å²) >= 11 is 0.989. The number of hydrogen-bond acceptors (Lipinski definition) is 7. The van der Waals surface area contributed by atoms with Crippen molar-refractivity contribution >= 4 is 38.1 Å². The summed E-state index contributed by atoms with van der Waals surface area (Å²) in [7, 11) is -5.62. The van der Waals surface area contributed by atoms with E-state index >= 15 is 0 Å². The quantitative estimate of drug-likeness (QED) is 0.651. The molecular weight excluding hydrogens is 408 g/mol. The predicted octanol–water partition coefficient (Wildman–Crippen LogP) is 3.14. The topological polar surface area (TPSA) is 106 Å². The van der Waals surface area contributed by atoms with E-state index in [1.807, 2.05) is 13.8 Å². The number of nitrogens with one attached hydrogen (secondary N) is 1. The number of nitrogens with zero attached hydrogens (tertiary/aromatic N) is 1. The molecule has 1 N–H and O–H groups in total. The van der Waals surface area contributed by atoms with Gasteiger partial charge in [-0.05, 0) is 18.2 Å². The highest BCUT2D eigenvalue weighted by atomic mass is 32.2. The molecule has 2 aromatic heterocycles. The van der Waals surface area contributed by atoms with E-state index in [2.05, 4.69) is 9.88 Å². The van der Waals surface area contributed by atoms with E-state index in [1.165, 1.54) is 29.6 Å². The van der Waals surface area contributed by atoms with Crippen molar-refractivity contribution in [3.05, 3.63) is 59.3 Å². The first-order valence-electron chi connectivity index (χ1n) is 7.87. The Bertz CT molecular complexity index is 1080. The lowest BCUT2D eigenvalue weighted by Gasteiger charge is -2.01. The maximum absolute atomic E-state index is 12.6. The van der Waals surface area contributed by atoms with Crippen LogP contribution >= 0.6 is 11.3 Å². The number of benzene rings is 1. The Morgan fingerprint density at radius 2 is 1.89 bits per heavy atom. The molecule has 1 unspecified atom stereocenters. The first kappa shape index (κ1) is 19.5. The van der Waals surface area contributed by atoms with Crippen LogP contribution in [-0.4, -0.2) is 23.7 Å². The van der Waals surface area contributed by atoms with Crippen LogP contribution in [0.2, 0.25) is 0 Å². The second-order valence-electron chi connectivity index (χ2n) is 5.89. The van der Waals surface area contributed by atoms with Crippen LogP contribution in [0.5, 0.6) is 0 Å². The number of hydrogen-bond donors (Lipinski definition) is 1. The number of carbonyl (C=O) groups is 1. The lowest BCUT2D eigenvalue weighted by atomic mass is 10.1. The minimum absolute atomic E-state index is 0.0146. The average molecular weight is 425 g/mol. The van der Waals surface area contributed by atoms with Crippen LogP contribution < -0.4 is 4.72 Å². The van der Waals surface area contributed by atoms with Gasteiger partial charge in [0.25, 0.3) is 5.91 Å². The molecule has 1 amide bonds. The molecule has 0 saturated carbocycles. The molecule has 0 fully saturated rings. The van der Waals surface area contributed by atoms with E-state index in [9.17, 15) is 17.4 Å². The third kappa shape index (κ3) is 4.18. The van der Waals surface area contributed by atoms with Gasteiger partial charge in [-0.1, -0.05) is 37.2 Å². The summed E-state index contributed by atoms with van der Waals surface area (Å²) in [6, 6.07) is 10.7. The normalized spacial score (nSPS) is 12.9. The molecule has 2 heterocycles. The molecule has 0 aliphatic rings. The summed E-state index contributed by atoms with van der Waals surface area (Å²) in [4.78, 5) is 12.3. The highest BCUT2D eigenvalue weighted by Gasteiger charge is 2.22. The third-order valence-corrected chi connectivity index (χ3v) is 7.83. The van der Waals surface area contributed by atoms with Crippen LogP contribution in [0.4, 0.5) is 0 Å². The molecule has 3 aromatic rings. The van der Waals surface area contributed by atoms with Crippen molar-refractivity contribution in [1.82, 2.24) is 9.88 Å². The van der Waals surface area contributed by atoms with Gasteiger partial charge in [0.05, 0.1) is 9.79 Å². The SMILES string of the molecule is CC(C)c1cc(C(=O)NS(=O)c2cc(S(=O)(=O)c3ccccc3)cs2)no1. The number of carbonyl (C=O) groups excluding carboxylic acids is 1. The molecule has 7 nitrogen and oxygen atoms in total. The predicted molar refractivity (Wildman–Crippen MR) is 101 cm³/mol. The van der Waals surface area contributed by atoms with Gasteiger partial charge >= 0.3 is 0 Å². The molecule has 0 bridgehead atoms. The van der Waals surface area contributed by atoms with Crippen molar-refractivity contribution < 1.29 is 21.9 Å². The number of aromatic nitrogens is 1. The number of rotatable bonds is 6. The van der Waals surface area contributed by atoms with Gasteiger partial charge in [0.1, 0.15) is 9.97 Å². The molecule has 0 spiro atoms. The Morgan fingerprint density at radius 1 is 1.19 bits per heavy atom. The standard InChI is InChI=1S/C17H16N2O5S3/c1-11(2)15-9-14(18-24-15)17(20)19-26(21)16-8-13(10-25-16)27(22,23)12-6-4-3-5-7-12/h3-11H,1-2H3,(H,19,20). The van der Waals surface area contributed by atoms with Gasteiger partial charge in [0, 0.05) is 17.4 Å². The summed E-state index contributed by atoms with van der Waals surface area (Å²) in [5.41, 5.74) is 0.0146. The molecule has 1 atom stereocenters. The summed E-state index contributed by atoms with van der Waals surface area (Å²) in [5, 5.41) is 5.05. The molecule has 1 aromatic carbocycles. The van der Waals surface area contributed by atoms with Gasteiger partial charge in [-0.2, -0.15) is 0 Å². The lowest BCUT2D eigenvalue weighted by molar-refractivity contribution is 0.0974. The molecule has 3 rings (SSSR count). The van der Waals surface area contributed by atoms with Crippen molar-refractivity contribution in [2.75, 3.05) is 0 Å². The van der Waals surface area contributed by atoms with E-state index in [0.29, 0.717) is 5.76 Å². The summed E-state index contributed by atoms with van der Waals surface area (Å²) in [6.45, 7) is 3.78. The van der Waals surface area contributed by atoms with Crippen LogP contribution in [0, 0.1) is 0 Å². The largest absolute Gasteiger partial charge is 0.360 e. The van der Waals surface area contributed by atoms with Crippen molar-refractivity contribution in [1.29, 1.82) is 0 Å². The minimum Gasteiger partial charge on any atom is -0.360 e. The maximum atomic E-state index is 12.6. The van der Waals surface area contributed by atoms with Crippen LogP contribution in [0.3, 0.4) is 0 Å². The highest BCUT2D eigenvalue weighted by molar-refractivity contribution is 7.92. The molecule has 0 aliphatic heterocycles. The fourth-order valence-electron chi connectivity index (χ4n) is 2.13. The van der Waals surface area contributed by atoms with E-state index in [1.54, 1.807) is 18.2 Å². The van der Waals surface area contributed by atoms with Crippen LogP contribution in [-0.2, 0) is 20.8 Å². The van der Waals surface area contributed by atoms with Gasteiger partial charge in [-0.15, -0.1) is 11.3 Å². The smallest absolute Gasteiger partial charge is 0.285 e. The molecule has 142 valence electrons. The highest BCUT2D eigenvalue weighted by Crippen LogP contribution is 2.27. The number of amides is 1. The second kappa shape index (κ2) is 7.75. The summed E-state index contributed by atoms with van der Waals surface area (Å²) in [6.07, 6.45) is 0. The lowest BCUT2D eigenvalue weighted by Crippen LogP contribution is -2.25. The zero-order chi connectivity index (χ0) is 19.6. The van der Waals surface area contributed by atoms with E-state index in [4.69, 9.17) is 4.52 Å². The average Bonchev–Trinajstić information content (AvgIpc) is 3.32. The Hall–Kier alpha value is -2.30. The van der Waals surface area contributed by atoms with Crippen molar-refractivity contribution in [3.63, 3.8) is 0 Å². The van der Waals surface area contributed by atoms with E-state index in [-0.39, 0.29) is 25.6 Å². The first-order chi connectivity index (χ1) is 12.8. The monoisotopic (exact) mass is 424 g/mol. The van der Waals surface area contributed by atoms with E-state index in [0.717, 1.165) is 11.3 Å². The molecule has 0 radical (unpaired) electrons. The van der Waals surface area contributed by atoms with Gasteiger partial charge in [-0.25, -0.2) is 12.6 Å². The Balaban J connectivity index is 1.76. The Morgan fingerprint density at radius 3 is 2.52 bits per heavy atom. The Kier molecular flexibility index (Phi) is 5.59. The van der Waals surface area contributed by atoms with E-state index < -0.39 is 26.7 Å². The maximum Gasteiger partial charge on any atom is 0.285 e. The van der Waals surface area contributed by atoms with Crippen molar-refractivity contribution in [2.24, 2.45) is 0 Å². The minimum atomic E-state index is -3.70. The summed E-state index contributed by atoms with van der Waals surface area (Å²) in [5.74, 6) is -0.0595. The van der Waals surface area contributed by atoms with Gasteiger partial charge in [0.2, 0.25) is 9.84 Å². The van der Waals surface area contributed by atoms with Crippen molar-refractivity contribution in [3.8, 4) is 0 Å². The van der Waals surface area contributed by atoms with Gasteiger partial charge in [-0.3, -0.25) is 9.52 Å². The molecule has 27 heavy (non-hydrogen) atoms. The number of sulfone groups is 1. The molecule has 0 aliphatic carbocycles. The van der Waals surface area contributed by atoms with Gasteiger partial charge in [0.15, 0.2) is 16.7 Å². The Labute approximate surface area is 162 Å².